The van der Waals surface area contributed by atoms with Gasteiger partial charge in [-0.3, -0.25) is 0 Å². The lowest BCUT2D eigenvalue weighted by Crippen LogP contribution is -2.19. The third-order valence-corrected chi connectivity index (χ3v) is 2.33. The summed E-state index contributed by atoms with van der Waals surface area (Å²) in [5.41, 5.74) is 0. The Morgan fingerprint density at radius 3 is 3.00 bits per heavy atom. The monoisotopic (exact) mass is 195 g/mol. The minimum atomic E-state index is 0.757. The first-order valence-electron chi connectivity index (χ1n) is 5.43. The molecule has 2 rings (SSSR count). The molecule has 0 saturated heterocycles. The number of rotatable bonds is 6. The van der Waals surface area contributed by atoms with Crippen molar-refractivity contribution in [2.24, 2.45) is 0 Å². The summed E-state index contributed by atoms with van der Waals surface area (Å²) >= 11 is 0. The number of hydrogen-bond donors (Lipinski definition) is 1. The Morgan fingerprint density at radius 1 is 1.43 bits per heavy atom. The lowest BCUT2D eigenvalue weighted by Gasteiger charge is -1.96. The van der Waals surface area contributed by atoms with Gasteiger partial charge in [0.15, 0.2) is 5.82 Å². The molecule has 1 fully saturated rings. The van der Waals surface area contributed by atoms with Crippen LogP contribution in [0.4, 0.5) is 0 Å². The van der Waals surface area contributed by atoms with E-state index in [1.54, 1.807) is 0 Å². The van der Waals surface area contributed by atoms with Crippen LogP contribution in [0.5, 0.6) is 0 Å². The molecule has 0 atom stereocenters. The van der Waals surface area contributed by atoms with Crippen molar-refractivity contribution >= 4 is 0 Å². The molecule has 4 heteroatoms. The van der Waals surface area contributed by atoms with Gasteiger partial charge in [-0.05, 0) is 19.3 Å². The molecule has 4 nitrogen and oxygen atoms in total. The lowest BCUT2D eigenvalue weighted by atomic mass is 10.3. The Kier molecular flexibility index (Phi) is 3.14. The number of hydrogen-bond acceptors (Lipinski definition) is 4. The highest BCUT2D eigenvalue weighted by atomic mass is 16.5. The first kappa shape index (κ1) is 9.65. The van der Waals surface area contributed by atoms with Crippen molar-refractivity contribution in [2.75, 3.05) is 6.54 Å². The summed E-state index contributed by atoms with van der Waals surface area (Å²) in [6.07, 6.45) is 5.49. The molecular formula is C10H17N3O. The van der Waals surface area contributed by atoms with Crippen molar-refractivity contribution in [1.82, 2.24) is 15.5 Å². The maximum absolute atomic E-state index is 5.12. The van der Waals surface area contributed by atoms with Crippen LogP contribution >= 0.6 is 0 Å². The fourth-order valence-electron chi connectivity index (χ4n) is 1.39. The second-order valence-corrected chi connectivity index (χ2v) is 3.83. The molecule has 1 aliphatic rings. The first-order valence-corrected chi connectivity index (χ1v) is 5.43. The van der Waals surface area contributed by atoms with E-state index < -0.39 is 0 Å². The van der Waals surface area contributed by atoms with Gasteiger partial charge in [0.05, 0.1) is 0 Å². The largest absolute Gasteiger partial charge is 0.339 e. The van der Waals surface area contributed by atoms with Crippen LogP contribution < -0.4 is 5.32 Å². The zero-order chi connectivity index (χ0) is 9.80. The van der Waals surface area contributed by atoms with Gasteiger partial charge in [-0.2, -0.15) is 4.98 Å². The SMILES string of the molecule is CCCc1noc(CCNC2CC2)n1. The van der Waals surface area contributed by atoms with Gasteiger partial charge in [-0.1, -0.05) is 12.1 Å². The maximum atomic E-state index is 5.12. The summed E-state index contributed by atoms with van der Waals surface area (Å²) < 4.78 is 5.12. The molecule has 1 N–H and O–H groups in total. The van der Waals surface area contributed by atoms with Gasteiger partial charge in [0, 0.05) is 25.4 Å². The average molecular weight is 195 g/mol. The highest BCUT2D eigenvalue weighted by molar-refractivity contribution is 4.88. The lowest BCUT2D eigenvalue weighted by molar-refractivity contribution is 0.370. The molecule has 0 spiro atoms. The number of aryl methyl sites for hydroxylation is 1. The zero-order valence-corrected chi connectivity index (χ0v) is 8.62. The third-order valence-electron chi connectivity index (χ3n) is 2.33. The van der Waals surface area contributed by atoms with E-state index in [0.717, 1.165) is 43.6 Å². The van der Waals surface area contributed by atoms with Crippen LogP contribution in [0.1, 0.15) is 37.9 Å². The quantitative estimate of drug-likeness (QED) is 0.743. The van der Waals surface area contributed by atoms with Crippen molar-refractivity contribution in [2.45, 2.75) is 45.1 Å². The molecule has 0 aliphatic heterocycles. The molecule has 14 heavy (non-hydrogen) atoms. The molecule has 0 unspecified atom stereocenters. The van der Waals surface area contributed by atoms with Crippen molar-refractivity contribution in [3.8, 4) is 0 Å². The Balaban J connectivity index is 1.71. The van der Waals surface area contributed by atoms with Crippen molar-refractivity contribution < 1.29 is 4.52 Å². The van der Waals surface area contributed by atoms with Crippen LogP contribution in [-0.4, -0.2) is 22.7 Å². The summed E-state index contributed by atoms with van der Waals surface area (Å²) in [7, 11) is 0. The van der Waals surface area contributed by atoms with Gasteiger partial charge in [0.2, 0.25) is 5.89 Å². The molecule has 1 aliphatic carbocycles. The molecule has 1 saturated carbocycles. The summed E-state index contributed by atoms with van der Waals surface area (Å²) in [6, 6.07) is 0.757. The first-order chi connectivity index (χ1) is 6.88. The minimum Gasteiger partial charge on any atom is -0.339 e. The van der Waals surface area contributed by atoms with Crippen LogP contribution in [-0.2, 0) is 12.8 Å². The van der Waals surface area contributed by atoms with Crippen molar-refractivity contribution in [1.29, 1.82) is 0 Å². The number of nitrogens with zero attached hydrogens (tertiary/aromatic N) is 2. The smallest absolute Gasteiger partial charge is 0.227 e. The van der Waals surface area contributed by atoms with Crippen LogP contribution in [0.3, 0.4) is 0 Å². The van der Waals surface area contributed by atoms with E-state index in [4.69, 9.17) is 4.52 Å². The highest BCUT2D eigenvalue weighted by Gasteiger charge is 2.20. The predicted octanol–water partition coefficient (Wildman–Crippen LogP) is 1.32. The Bertz CT molecular complexity index is 281. The second-order valence-electron chi connectivity index (χ2n) is 3.83. The van der Waals surface area contributed by atoms with E-state index in [2.05, 4.69) is 22.4 Å². The highest BCUT2D eigenvalue weighted by Crippen LogP contribution is 2.18. The van der Waals surface area contributed by atoms with Gasteiger partial charge >= 0.3 is 0 Å². The third kappa shape index (κ3) is 2.80. The molecule has 1 aromatic heterocycles. The molecule has 1 heterocycles. The molecule has 0 amide bonds. The minimum absolute atomic E-state index is 0.757. The fraction of sp³-hybridized carbons (Fsp3) is 0.800. The van der Waals surface area contributed by atoms with E-state index in [0.29, 0.717) is 0 Å². The predicted molar refractivity (Wildman–Crippen MR) is 53.0 cm³/mol. The Morgan fingerprint density at radius 2 is 2.29 bits per heavy atom. The standard InChI is InChI=1S/C10H17N3O/c1-2-3-9-12-10(14-13-9)6-7-11-8-4-5-8/h8,11H,2-7H2,1H3. The van der Waals surface area contributed by atoms with Gasteiger partial charge in [0.25, 0.3) is 0 Å². The average Bonchev–Trinajstić information content (AvgIpc) is 2.88. The van der Waals surface area contributed by atoms with Crippen LogP contribution in [0.2, 0.25) is 0 Å². The Labute approximate surface area is 84.1 Å². The molecule has 0 radical (unpaired) electrons. The molecule has 0 aromatic carbocycles. The van der Waals surface area contributed by atoms with Gasteiger partial charge in [-0.15, -0.1) is 0 Å². The number of aromatic nitrogens is 2. The molecule has 0 bridgehead atoms. The van der Waals surface area contributed by atoms with Crippen LogP contribution in [0.25, 0.3) is 0 Å². The summed E-state index contributed by atoms with van der Waals surface area (Å²) in [4.78, 5) is 4.30. The van der Waals surface area contributed by atoms with E-state index in [-0.39, 0.29) is 0 Å². The normalized spacial score (nSPS) is 16.1. The number of nitrogens with one attached hydrogen (secondary N) is 1. The van der Waals surface area contributed by atoms with Crippen LogP contribution in [0.15, 0.2) is 4.52 Å². The van der Waals surface area contributed by atoms with Gasteiger partial charge in [0.1, 0.15) is 0 Å². The van der Waals surface area contributed by atoms with Crippen molar-refractivity contribution in [3.63, 3.8) is 0 Å². The maximum Gasteiger partial charge on any atom is 0.227 e. The summed E-state index contributed by atoms with van der Waals surface area (Å²) in [5.74, 6) is 1.61. The van der Waals surface area contributed by atoms with Crippen molar-refractivity contribution in [3.05, 3.63) is 11.7 Å². The van der Waals surface area contributed by atoms with E-state index in [1.807, 2.05) is 0 Å². The zero-order valence-electron chi connectivity index (χ0n) is 8.62. The van der Waals surface area contributed by atoms with E-state index in [9.17, 15) is 0 Å². The van der Waals surface area contributed by atoms with E-state index >= 15 is 0 Å². The van der Waals surface area contributed by atoms with E-state index in [1.165, 1.54) is 12.8 Å². The Hall–Kier alpha value is -0.900. The molecule has 78 valence electrons. The van der Waals surface area contributed by atoms with Crippen LogP contribution in [0, 0.1) is 0 Å². The van der Waals surface area contributed by atoms with Gasteiger partial charge in [-0.25, -0.2) is 0 Å². The summed E-state index contributed by atoms with van der Waals surface area (Å²) in [5, 5.41) is 7.32. The second kappa shape index (κ2) is 4.55. The fourth-order valence-corrected chi connectivity index (χ4v) is 1.39. The van der Waals surface area contributed by atoms with Gasteiger partial charge < -0.3 is 9.84 Å². The summed E-state index contributed by atoms with van der Waals surface area (Å²) in [6.45, 7) is 3.07. The molecular weight excluding hydrogens is 178 g/mol. The molecule has 1 aromatic rings. The topological polar surface area (TPSA) is 51.0 Å².